The van der Waals surface area contributed by atoms with Crippen LogP contribution in [0.15, 0.2) is 24.3 Å². The Balaban J connectivity index is 1.96. The molecule has 1 aromatic carbocycles. The highest BCUT2D eigenvalue weighted by atomic mass is 16.3. The van der Waals surface area contributed by atoms with Crippen molar-refractivity contribution in [2.24, 2.45) is 0 Å². The Kier molecular flexibility index (Phi) is 5.17. The van der Waals surface area contributed by atoms with Crippen LogP contribution in [0.25, 0.3) is 0 Å². The molecule has 1 atom stereocenters. The second kappa shape index (κ2) is 6.88. The first-order chi connectivity index (χ1) is 9.63. The maximum absolute atomic E-state index is 10.5. The van der Waals surface area contributed by atoms with Gasteiger partial charge >= 0.3 is 0 Å². The van der Waals surface area contributed by atoms with Gasteiger partial charge in [-0.1, -0.05) is 43.5 Å². The van der Waals surface area contributed by atoms with E-state index in [0.717, 1.165) is 49.7 Å². The van der Waals surface area contributed by atoms with Crippen molar-refractivity contribution in [3.05, 3.63) is 35.4 Å². The van der Waals surface area contributed by atoms with E-state index in [4.69, 9.17) is 5.26 Å². The van der Waals surface area contributed by atoms with Crippen molar-refractivity contribution in [1.29, 1.82) is 5.26 Å². The second-order valence-electron chi connectivity index (χ2n) is 5.91. The molecule has 3 heteroatoms. The van der Waals surface area contributed by atoms with E-state index >= 15 is 0 Å². The summed E-state index contributed by atoms with van der Waals surface area (Å²) in [6, 6.07) is 9.72. The molecule has 0 heterocycles. The van der Waals surface area contributed by atoms with Gasteiger partial charge < -0.3 is 10.2 Å². The molecule has 0 aromatic heterocycles. The average Bonchev–Trinajstić information content (AvgIpc) is 2.47. The Bertz CT molecular complexity index is 472. The van der Waals surface area contributed by atoms with Crippen molar-refractivity contribution in [3.63, 3.8) is 0 Å². The van der Waals surface area contributed by atoms with Crippen LogP contribution in [0, 0.1) is 11.3 Å². The predicted octanol–water partition coefficient (Wildman–Crippen LogP) is 3.26. The van der Waals surface area contributed by atoms with Crippen LogP contribution in [-0.2, 0) is 6.42 Å². The third-order valence-corrected chi connectivity index (χ3v) is 4.28. The van der Waals surface area contributed by atoms with Gasteiger partial charge in [0.1, 0.15) is 0 Å². The summed E-state index contributed by atoms with van der Waals surface area (Å²) in [5.41, 5.74) is 1.41. The minimum Gasteiger partial charge on any atom is -0.390 e. The molecule has 1 saturated carbocycles. The van der Waals surface area contributed by atoms with E-state index < -0.39 is 11.7 Å². The van der Waals surface area contributed by atoms with Crippen LogP contribution >= 0.6 is 0 Å². The quantitative estimate of drug-likeness (QED) is 0.865. The molecule has 1 aliphatic rings. The summed E-state index contributed by atoms with van der Waals surface area (Å²) < 4.78 is 0. The molecule has 108 valence electrons. The third kappa shape index (κ3) is 4.06. The summed E-state index contributed by atoms with van der Waals surface area (Å²) in [5, 5.41) is 29.0. The van der Waals surface area contributed by atoms with E-state index in [1.165, 1.54) is 6.42 Å². The van der Waals surface area contributed by atoms with E-state index in [1.54, 1.807) is 0 Å². The van der Waals surface area contributed by atoms with Gasteiger partial charge in [0.05, 0.1) is 24.2 Å². The number of aliphatic hydroxyl groups is 2. The molecular weight excluding hydrogens is 250 g/mol. The smallest absolute Gasteiger partial charge is 0.0920 e. The SMILES string of the molecule is N#CCC(O)c1cccc(CCC2(O)CCCCC2)c1. The van der Waals surface area contributed by atoms with Crippen LogP contribution in [-0.4, -0.2) is 15.8 Å². The van der Waals surface area contributed by atoms with Gasteiger partial charge in [0.15, 0.2) is 0 Å². The van der Waals surface area contributed by atoms with E-state index in [1.807, 2.05) is 30.3 Å². The highest BCUT2D eigenvalue weighted by Gasteiger charge is 2.28. The first kappa shape index (κ1) is 15.0. The molecule has 1 aromatic rings. The number of rotatable bonds is 5. The number of benzene rings is 1. The molecule has 0 saturated heterocycles. The number of nitrogens with zero attached hydrogens (tertiary/aromatic N) is 1. The summed E-state index contributed by atoms with van der Waals surface area (Å²) in [5.74, 6) is 0. The number of aryl methyl sites for hydroxylation is 1. The van der Waals surface area contributed by atoms with Gasteiger partial charge in [-0.2, -0.15) is 5.26 Å². The fraction of sp³-hybridized carbons (Fsp3) is 0.588. The molecule has 20 heavy (non-hydrogen) atoms. The fourth-order valence-electron chi connectivity index (χ4n) is 3.00. The molecule has 2 rings (SSSR count). The van der Waals surface area contributed by atoms with E-state index in [0.29, 0.717) is 0 Å². The normalized spacial score (nSPS) is 19.2. The van der Waals surface area contributed by atoms with Crippen molar-refractivity contribution < 1.29 is 10.2 Å². The Morgan fingerprint density at radius 1 is 1.25 bits per heavy atom. The van der Waals surface area contributed by atoms with E-state index in [9.17, 15) is 10.2 Å². The largest absolute Gasteiger partial charge is 0.390 e. The lowest BCUT2D eigenvalue weighted by atomic mass is 9.81. The topological polar surface area (TPSA) is 64.2 Å². The minimum absolute atomic E-state index is 0.118. The zero-order chi connectivity index (χ0) is 14.4. The summed E-state index contributed by atoms with van der Waals surface area (Å²) in [7, 11) is 0. The van der Waals surface area contributed by atoms with Gasteiger partial charge in [-0.05, 0) is 36.8 Å². The van der Waals surface area contributed by atoms with Crippen LogP contribution in [0.1, 0.15) is 62.2 Å². The minimum atomic E-state index is -0.710. The zero-order valence-corrected chi connectivity index (χ0v) is 11.9. The molecule has 0 amide bonds. The second-order valence-corrected chi connectivity index (χ2v) is 5.91. The molecule has 0 bridgehead atoms. The Morgan fingerprint density at radius 3 is 2.70 bits per heavy atom. The average molecular weight is 273 g/mol. The van der Waals surface area contributed by atoms with Gasteiger partial charge in [-0.25, -0.2) is 0 Å². The third-order valence-electron chi connectivity index (χ3n) is 4.28. The highest BCUT2D eigenvalue weighted by Crippen LogP contribution is 2.32. The maximum Gasteiger partial charge on any atom is 0.0920 e. The van der Waals surface area contributed by atoms with Gasteiger partial charge in [-0.3, -0.25) is 0 Å². The summed E-state index contributed by atoms with van der Waals surface area (Å²) in [6.07, 6.45) is 6.31. The molecule has 1 unspecified atom stereocenters. The Hall–Kier alpha value is -1.37. The van der Waals surface area contributed by atoms with Crippen molar-refractivity contribution >= 4 is 0 Å². The Labute approximate surface area is 120 Å². The van der Waals surface area contributed by atoms with Crippen molar-refractivity contribution in [2.45, 2.75) is 63.1 Å². The lowest BCUT2D eigenvalue weighted by Crippen LogP contribution is -2.31. The van der Waals surface area contributed by atoms with E-state index in [-0.39, 0.29) is 6.42 Å². The monoisotopic (exact) mass is 273 g/mol. The number of hydrogen-bond donors (Lipinski definition) is 2. The van der Waals surface area contributed by atoms with Crippen LogP contribution in [0.4, 0.5) is 0 Å². The molecule has 1 aliphatic carbocycles. The first-order valence-corrected chi connectivity index (χ1v) is 7.49. The predicted molar refractivity (Wildman–Crippen MR) is 78.0 cm³/mol. The maximum atomic E-state index is 10.5. The fourth-order valence-corrected chi connectivity index (χ4v) is 3.00. The van der Waals surface area contributed by atoms with Crippen LogP contribution in [0.2, 0.25) is 0 Å². The van der Waals surface area contributed by atoms with Gasteiger partial charge in [-0.15, -0.1) is 0 Å². The number of nitriles is 1. The summed E-state index contributed by atoms with van der Waals surface area (Å²) in [4.78, 5) is 0. The van der Waals surface area contributed by atoms with Crippen molar-refractivity contribution in [1.82, 2.24) is 0 Å². The molecule has 0 aliphatic heterocycles. The van der Waals surface area contributed by atoms with Gasteiger partial charge in [0, 0.05) is 0 Å². The summed E-state index contributed by atoms with van der Waals surface area (Å²) >= 11 is 0. The van der Waals surface area contributed by atoms with Gasteiger partial charge in [0.25, 0.3) is 0 Å². The molecule has 3 nitrogen and oxygen atoms in total. The van der Waals surface area contributed by atoms with Crippen LogP contribution in [0.5, 0.6) is 0 Å². The molecule has 2 N–H and O–H groups in total. The summed E-state index contributed by atoms with van der Waals surface area (Å²) in [6.45, 7) is 0. The number of hydrogen-bond acceptors (Lipinski definition) is 3. The highest BCUT2D eigenvalue weighted by molar-refractivity contribution is 5.26. The molecule has 0 radical (unpaired) electrons. The standard InChI is InChI=1S/C17H23NO2/c18-12-8-16(19)15-6-4-5-14(13-15)7-11-17(20)9-2-1-3-10-17/h4-6,13,16,19-20H,1-3,7-11H2. The van der Waals surface area contributed by atoms with E-state index in [2.05, 4.69) is 0 Å². The zero-order valence-electron chi connectivity index (χ0n) is 11.9. The van der Waals surface area contributed by atoms with Crippen molar-refractivity contribution in [2.75, 3.05) is 0 Å². The molecule has 0 spiro atoms. The van der Waals surface area contributed by atoms with Crippen LogP contribution < -0.4 is 0 Å². The van der Waals surface area contributed by atoms with Crippen LogP contribution in [0.3, 0.4) is 0 Å². The molecule has 1 fully saturated rings. The molecular formula is C17H23NO2. The number of aliphatic hydroxyl groups excluding tert-OH is 1. The van der Waals surface area contributed by atoms with Gasteiger partial charge in [0.2, 0.25) is 0 Å². The Morgan fingerprint density at radius 2 is 2.00 bits per heavy atom. The lowest BCUT2D eigenvalue weighted by Gasteiger charge is -2.32. The lowest BCUT2D eigenvalue weighted by molar-refractivity contribution is -0.00342. The van der Waals surface area contributed by atoms with Crippen molar-refractivity contribution in [3.8, 4) is 6.07 Å². The first-order valence-electron chi connectivity index (χ1n) is 7.49.